The molecule has 0 fully saturated rings. The van der Waals surface area contributed by atoms with Gasteiger partial charge in [0.05, 0.1) is 6.61 Å². The van der Waals surface area contributed by atoms with Crippen LogP contribution >= 0.6 is 0 Å². The molecule has 0 aliphatic carbocycles. The van der Waals surface area contributed by atoms with Crippen LogP contribution in [-0.2, 0) is 9.53 Å². The average molecular weight is 202 g/mol. The fourth-order valence-corrected chi connectivity index (χ4v) is 0.991. The van der Waals surface area contributed by atoms with Crippen molar-refractivity contribution in [2.45, 2.75) is 66.2 Å². The Labute approximate surface area is 89.0 Å². The van der Waals surface area contributed by atoms with E-state index in [4.69, 9.17) is 4.74 Å². The van der Waals surface area contributed by atoms with E-state index in [2.05, 4.69) is 6.92 Å². The van der Waals surface area contributed by atoms with Gasteiger partial charge in [-0.05, 0) is 12.8 Å². The van der Waals surface area contributed by atoms with E-state index in [9.17, 15) is 4.79 Å². The lowest BCUT2D eigenvalue weighted by Crippen LogP contribution is -2.04. The average Bonchev–Trinajstić information content (AvgIpc) is 2.21. The van der Waals surface area contributed by atoms with E-state index in [0.717, 1.165) is 12.8 Å². The van der Waals surface area contributed by atoms with Gasteiger partial charge in [-0.2, -0.15) is 0 Å². The number of carbonyl (C=O) groups excluding carboxylic acids is 1. The van der Waals surface area contributed by atoms with Crippen molar-refractivity contribution >= 4 is 5.97 Å². The summed E-state index contributed by atoms with van der Waals surface area (Å²) in [6, 6.07) is 0. The fourth-order valence-electron chi connectivity index (χ4n) is 0.991. The topological polar surface area (TPSA) is 26.3 Å². The molecule has 0 heterocycles. The normalized spacial score (nSPS) is 8.86. The minimum absolute atomic E-state index is 0.0472. The molecule has 0 N–H and O–H groups in total. The van der Waals surface area contributed by atoms with Gasteiger partial charge in [0.25, 0.3) is 0 Å². The van der Waals surface area contributed by atoms with Gasteiger partial charge in [-0.25, -0.2) is 0 Å². The van der Waals surface area contributed by atoms with E-state index >= 15 is 0 Å². The maximum Gasteiger partial charge on any atom is 0.305 e. The van der Waals surface area contributed by atoms with Gasteiger partial charge in [0.2, 0.25) is 0 Å². The Hall–Kier alpha value is -0.530. The van der Waals surface area contributed by atoms with Crippen LogP contribution in [0, 0.1) is 0 Å². The maximum atomic E-state index is 10.9. The van der Waals surface area contributed by atoms with Crippen LogP contribution in [0.15, 0.2) is 0 Å². The second kappa shape index (κ2) is 15.0. The van der Waals surface area contributed by atoms with Gasteiger partial charge in [-0.3, -0.25) is 4.79 Å². The van der Waals surface area contributed by atoms with Crippen molar-refractivity contribution < 1.29 is 9.53 Å². The first-order chi connectivity index (χ1) is 6.81. The Morgan fingerprint density at radius 2 is 1.64 bits per heavy atom. The molecule has 0 radical (unpaired) electrons. The summed E-state index contributed by atoms with van der Waals surface area (Å²) in [4.78, 5) is 10.9. The number of hydrogen-bond donors (Lipinski definition) is 0. The quantitative estimate of drug-likeness (QED) is 0.462. The van der Waals surface area contributed by atoms with Crippen LogP contribution in [0.25, 0.3) is 0 Å². The molecule has 0 saturated carbocycles. The summed E-state index contributed by atoms with van der Waals surface area (Å²) in [6.07, 6.45) is 6.11. The summed E-state index contributed by atoms with van der Waals surface area (Å²) in [5.74, 6) is -0.0472. The van der Waals surface area contributed by atoms with Crippen LogP contribution in [0.5, 0.6) is 0 Å². The van der Waals surface area contributed by atoms with Crippen molar-refractivity contribution in [3.05, 3.63) is 0 Å². The van der Waals surface area contributed by atoms with Crippen molar-refractivity contribution in [3.63, 3.8) is 0 Å². The van der Waals surface area contributed by atoms with E-state index in [1.165, 1.54) is 19.3 Å². The summed E-state index contributed by atoms with van der Waals surface area (Å²) in [7, 11) is 0. The Bertz CT molecular complexity index is 111. The highest BCUT2D eigenvalue weighted by atomic mass is 16.5. The van der Waals surface area contributed by atoms with Crippen LogP contribution in [0.2, 0.25) is 0 Å². The lowest BCUT2D eigenvalue weighted by Gasteiger charge is -2.02. The van der Waals surface area contributed by atoms with Crippen LogP contribution in [0.3, 0.4) is 0 Å². The van der Waals surface area contributed by atoms with Crippen LogP contribution < -0.4 is 0 Å². The van der Waals surface area contributed by atoms with E-state index in [0.29, 0.717) is 13.0 Å². The Morgan fingerprint density at radius 1 is 1.00 bits per heavy atom. The number of rotatable bonds is 7. The minimum atomic E-state index is -0.0472. The third kappa shape index (κ3) is 14.0. The number of ether oxygens (including phenoxy) is 1. The molecule has 0 unspecified atom stereocenters. The molecule has 0 atom stereocenters. The highest BCUT2D eigenvalue weighted by Gasteiger charge is 1.98. The zero-order valence-corrected chi connectivity index (χ0v) is 10.3. The number of unbranched alkanes of at least 4 members (excludes halogenated alkanes) is 3. The molecule has 0 aromatic carbocycles. The van der Waals surface area contributed by atoms with Crippen molar-refractivity contribution in [3.8, 4) is 0 Å². The molecule has 0 bridgehead atoms. The van der Waals surface area contributed by atoms with Crippen LogP contribution in [0.1, 0.15) is 66.2 Å². The SMILES string of the molecule is CC.CCCCCCOC(=O)CCC. The van der Waals surface area contributed by atoms with Gasteiger partial charge < -0.3 is 4.74 Å². The Balaban J connectivity index is 0. The van der Waals surface area contributed by atoms with Crippen LogP contribution in [-0.4, -0.2) is 12.6 Å². The third-order valence-electron chi connectivity index (χ3n) is 1.72. The molecule has 0 saturated heterocycles. The fraction of sp³-hybridized carbons (Fsp3) is 0.917. The Morgan fingerprint density at radius 3 is 2.14 bits per heavy atom. The predicted octanol–water partition coefficient (Wildman–Crippen LogP) is 3.94. The molecule has 0 aromatic heterocycles. The smallest absolute Gasteiger partial charge is 0.305 e. The molecular formula is C12H26O2. The maximum absolute atomic E-state index is 10.9. The van der Waals surface area contributed by atoms with E-state index in [-0.39, 0.29) is 5.97 Å². The molecule has 86 valence electrons. The molecule has 0 rings (SSSR count). The molecule has 0 aromatic rings. The van der Waals surface area contributed by atoms with Crippen molar-refractivity contribution in [1.29, 1.82) is 0 Å². The zero-order chi connectivity index (χ0) is 11.2. The molecular weight excluding hydrogens is 176 g/mol. The van der Waals surface area contributed by atoms with Gasteiger partial charge in [0.1, 0.15) is 0 Å². The number of esters is 1. The van der Waals surface area contributed by atoms with Gasteiger partial charge in [0, 0.05) is 6.42 Å². The molecule has 0 spiro atoms. The molecule has 14 heavy (non-hydrogen) atoms. The number of hydrogen-bond acceptors (Lipinski definition) is 2. The zero-order valence-electron chi connectivity index (χ0n) is 10.3. The first-order valence-electron chi connectivity index (χ1n) is 5.96. The molecule has 0 amide bonds. The predicted molar refractivity (Wildman–Crippen MR) is 61.4 cm³/mol. The number of carbonyl (C=O) groups is 1. The highest BCUT2D eigenvalue weighted by Crippen LogP contribution is 2.00. The molecule has 2 nitrogen and oxygen atoms in total. The minimum Gasteiger partial charge on any atom is -0.466 e. The highest BCUT2D eigenvalue weighted by molar-refractivity contribution is 5.69. The van der Waals surface area contributed by atoms with E-state index < -0.39 is 0 Å². The van der Waals surface area contributed by atoms with Gasteiger partial charge in [-0.15, -0.1) is 0 Å². The molecule has 0 aliphatic rings. The van der Waals surface area contributed by atoms with Crippen molar-refractivity contribution in [2.75, 3.05) is 6.61 Å². The van der Waals surface area contributed by atoms with Crippen molar-refractivity contribution in [1.82, 2.24) is 0 Å². The van der Waals surface area contributed by atoms with Gasteiger partial charge in [0.15, 0.2) is 0 Å². The first-order valence-corrected chi connectivity index (χ1v) is 5.96. The standard InChI is InChI=1S/C10H20O2.C2H6/c1-3-5-6-7-9-12-10(11)8-4-2;1-2/h3-9H2,1-2H3;1-2H3. The van der Waals surface area contributed by atoms with Gasteiger partial charge in [-0.1, -0.05) is 47.0 Å². The van der Waals surface area contributed by atoms with E-state index in [1.54, 1.807) is 0 Å². The molecule has 0 aliphatic heterocycles. The summed E-state index contributed by atoms with van der Waals surface area (Å²) >= 11 is 0. The van der Waals surface area contributed by atoms with Crippen LogP contribution in [0.4, 0.5) is 0 Å². The second-order valence-corrected chi connectivity index (χ2v) is 3.03. The Kier molecular flexibility index (Phi) is 17.0. The first kappa shape index (κ1) is 15.9. The largest absolute Gasteiger partial charge is 0.466 e. The third-order valence-corrected chi connectivity index (χ3v) is 1.72. The lowest BCUT2D eigenvalue weighted by atomic mass is 10.2. The van der Waals surface area contributed by atoms with Crippen molar-refractivity contribution in [2.24, 2.45) is 0 Å². The lowest BCUT2D eigenvalue weighted by molar-refractivity contribution is -0.143. The summed E-state index contributed by atoms with van der Waals surface area (Å²) in [6.45, 7) is 8.76. The van der Waals surface area contributed by atoms with E-state index in [1.807, 2.05) is 20.8 Å². The monoisotopic (exact) mass is 202 g/mol. The second-order valence-electron chi connectivity index (χ2n) is 3.03. The summed E-state index contributed by atoms with van der Waals surface area (Å²) < 4.78 is 4.99. The summed E-state index contributed by atoms with van der Waals surface area (Å²) in [5, 5.41) is 0. The summed E-state index contributed by atoms with van der Waals surface area (Å²) in [5.41, 5.74) is 0. The van der Waals surface area contributed by atoms with Gasteiger partial charge >= 0.3 is 5.97 Å². The molecule has 2 heteroatoms.